The van der Waals surface area contributed by atoms with Crippen molar-refractivity contribution >= 4 is 11.6 Å². The molecule has 1 aliphatic rings. The summed E-state index contributed by atoms with van der Waals surface area (Å²) in [6.07, 6.45) is -2.62. The van der Waals surface area contributed by atoms with Crippen LogP contribution in [0.15, 0.2) is 59.1 Å². The summed E-state index contributed by atoms with van der Waals surface area (Å²) in [6, 6.07) is 16.9. The maximum Gasteiger partial charge on any atom is 0.471 e. The third-order valence-electron chi connectivity index (χ3n) is 6.01. The van der Waals surface area contributed by atoms with Crippen molar-refractivity contribution in [3.05, 3.63) is 66.1 Å². The van der Waals surface area contributed by atoms with Gasteiger partial charge >= 0.3 is 12.1 Å². The van der Waals surface area contributed by atoms with Crippen LogP contribution in [0.3, 0.4) is 0 Å². The molecule has 180 valence electrons. The Hall–Kier alpha value is -3.40. The van der Waals surface area contributed by atoms with E-state index in [0.717, 1.165) is 25.9 Å². The zero-order valence-electron chi connectivity index (χ0n) is 18.8. The Balaban J connectivity index is 1.26. The Morgan fingerprint density at radius 3 is 2.56 bits per heavy atom. The van der Waals surface area contributed by atoms with Gasteiger partial charge in [0.15, 0.2) is 0 Å². The van der Waals surface area contributed by atoms with Crippen molar-refractivity contribution in [3.8, 4) is 11.4 Å². The van der Waals surface area contributed by atoms with E-state index in [2.05, 4.69) is 49.0 Å². The van der Waals surface area contributed by atoms with Crippen LogP contribution in [0.4, 0.5) is 18.9 Å². The summed E-state index contributed by atoms with van der Waals surface area (Å²) in [5.74, 6) is -1.95. The Morgan fingerprint density at radius 1 is 1.15 bits per heavy atom. The van der Waals surface area contributed by atoms with Gasteiger partial charge in [0, 0.05) is 49.0 Å². The molecular formula is C24H26F3N5O2. The monoisotopic (exact) mass is 473 g/mol. The van der Waals surface area contributed by atoms with E-state index in [4.69, 9.17) is 0 Å². The number of piperidine rings is 1. The maximum absolute atomic E-state index is 12.7. The van der Waals surface area contributed by atoms with E-state index in [1.807, 2.05) is 18.2 Å². The Kier molecular flexibility index (Phi) is 7.16. The fraction of sp³-hybridized carbons (Fsp3) is 0.375. The van der Waals surface area contributed by atoms with Gasteiger partial charge in [-0.1, -0.05) is 35.5 Å². The number of nitrogens with zero attached hydrogens (tertiary/aromatic N) is 4. The first-order chi connectivity index (χ1) is 16.3. The topological polar surface area (TPSA) is 74.5 Å². The summed E-state index contributed by atoms with van der Waals surface area (Å²) in [5.41, 5.74) is 1.83. The highest BCUT2D eigenvalue weighted by Crippen LogP contribution is 2.29. The Labute approximate surface area is 195 Å². The summed E-state index contributed by atoms with van der Waals surface area (Å²) in [4.78, 5) is 20.6. The van der Waals surface area contributed by atoms with Crippen molar-refractivity contribution in [1.29, 1.82) is 0 Å². The molecule has 0 radical (unpaired) electrons. The van der Waals surface area contributed by atoms with Gasteiger partial charge in [0.1, 0.15) is 0 Å². The number of likely N-dealkylation sites (N-methyl/N-ethyl adjacent to an activating group) is 1. The summed E-state index contributed by atoms with van der Waals surface area (Å²) < 4.78 is 42.4. The third-order valence-corrected chi connectivity index (χ3v) is 6.01. The number of hydrogen-bond acceptors (Lipinski definition) is 6. The van der Waals surface area contributed by atoms with E-state index in [1.165, 1.54) is 17.8 Å². The van der Waals surface area contributed by atoms with Crippen LogP contribution in [0.5, 0.6) is 0 Å². The molecule has 1 N–H and O–H groups in total. The molecular weight excluding hydrogens is 447 g/mol. The highest BCUT2D eigenvalue weighted by Gasteiger charge is 2.38. The molecule has 0 saturated carbocycles. The summed E-state index contributed by atoms with van der Waals surface area (Å²) in [5, 5.41) is 6.24. The molecule has 2 heterocycles. The molecule has 0 unspecified atom stereocenters. The Bertz CT molecular complexity index is 1100. The Morgan fingerprint density at radius 2 is 1.88 bits per heavy atom. The number of hydrogen-bond donors (Lipinski definition) is 1. The van der Waals surface area contributed by atoms with Crippen LogP contribution in [0.25, 0.3) is 11.4 Å². The van der Waals surface area contributed by atoms with Crippen LogP contribution in [-0.4, -0.2) is 60.2 Å². The van der Waals surface area contributed by atoms with Crippen LogP contribution >= 0.6 is 0 Å². The van der Waals surface area contributed by atoms with E-state index in [1.54, 1.807) is 12.1 Å². The second kappa shape index (κ2) is 10.3. The van der Waals surface area contributed by atoms with Crippen molar-refractivity contribution in [3.63, 3.8) is 0 Å². The molecule has 1 saturated heterocycles. The molecule has 0 bridgehead atoms. The second-order valence-electron chi connectivity index (χ2n) is 8.29. The van der Waals surface area contributed by atoms with Gasteiger partial charge in [0.25, 0.3) is 5.91 Å². The number of carbonyl (C=O) groups excluding carboxylic acids is 1. The highest BCUT2D eigenvalue weighted by atomic mass is 19.4. The third kappa shape index (κ3) is 5.74. The standard InChI is InChI=1S/C24H26F3N5O2/c1-31(19-10-13-32(14-11-19)20-8-3-2-4-9-20)15-12-28-22(33)18-7-5-6-17(16-18)21-29-23(34-30-21)24(25,26)27/h2-9,16,19H,10-15H2,1H3,(H,28,33). The molecule has 2 aromatic carbocycles. The molecule has 0 aliphatic carbocycles. The second-order valence-corrected chi connectivity index (χ2v) is 8.29. The first-order valence-corrected chi connectivity index (χ1v) is 11.1. The normalized spacial score (nSPS) is 15.0. The average molecular weight is 473 g/mol. The number of halogens is 3. The lowest BCUT2D eigenvalue weighted by Crippen LogP contribution is -2.45. The van der Waals surface area contributed by atoms with E-state index in [9.17, 15) is 18.0 Å². The van der Waals surface area contributed by atoms with Gasteiger partial charge in [-0.3, -0.25) is 4.79 Å². The molecule has 4 rings (SSSR count). The summed E-state index contributed by atoms with van der Waals surface area (Å²) in [7, 11) is 2.06. The van der Waals surface area contributed by atoms with Gasteiger partial charge in [-0.25, -0.2) is 0 Å². The number of anilines is 1. The van der Waals surface area contributed by atoms with Crippen molar-refractivity contribution in [2.24, 2.45) is 0 Å². The van der Waals surface area contributed by atoms with Gasteiger partial charge in [-0.2, -0.15) is 18.2 Å². The van der Waals surface area contributed by atoms with E-state index >= 15 is 0 Å². The van der Waals surface area contributed by atoms with Gasteiger partial charge in [0.05, 0.1) is 0 Å². The lowest BCUT2D eigenvalue weighted by Gasteiger charge is -2.38. The van der Waals surface area contributed by atoms with Crippen LogP contribution in [0, 0.1) is 0 Å². The number of amides is 1. The minimum Gasteiger partial charge on any atom is -0.371 e. The highest BCUT2D eigenvalue weighted by molar-refractivity contribution is 5.95. The maximum atomic E-state index is 12.7. The number of nitrogens with one attached hydrogen (secondary N) is 1. The van der Waals surface area contributed by atoms with Crippen LogP contribution in [0.1, 0.15) is 29.1 Å². The van der Waals surface area contributed by atoms with Gasteiger partial charge < -0.3 is 19.6 Å². The summed E-state index contributed by atoms with van der Waals surface area (Å²) in [6.45, 7) is 3.13. The largest absolute Gasteiger partial charge is 0.471 e. The SMILES string of the molecule is CN(CCNC(=O)c1cccc(-c2noc(C(F)(F)F)n2)c1)C1CCN(c2ccccc2)CC1. The molecule has 1 aromatic heterocycles. The van der Waals surface area contributed by atoms with Gasteiger partial charge in [-0.15, -0.1) is 0 Å². The van der Waals surface area contributed by atoms with E-state index < -0.39 is 12.1 Å². The molecule has 0 atom stereocenters. The molecule has 1 fully saturated rings. The van der Waals surface area contributed by atoms with Crippen molar-refractivity contribution in [2.45, 2.75) is 25.1 Å². The fourth-order valence-electron chi connectivity index (χ4n) is 4.09. The lowest BCUT2D eigenvalue weighted by molar-refractivity contribution is -0.159. The van der Waals surface area contributed by atoms with Crippen LogP contribution < -0.4 is 10.2 Å². The first kappa shape index (κ1) is 23.7. The van der Waals surface area contributed by atoms with Gasteiger partial charge in [-0.05, 0) is 44.2 Å². The molecule has 0 spiro atoms. The molecule has 34 heavy (non-hydrogen) atoms. The lowest BCUT2D eigenvalue weighted by atomic mass is 10.0. The number of alkyl halides is 3. The van der Waals surface area contributed by atoms with Crippen molar-refractivity contribution in [2.75, 3.05) is 38.1 Å². The molecule has 1 amide bonds. The minimum absolute atomic E-state index is 0.219. The first-order valence-electron chi connectivity index (χ1n) is 11.1. The van der Waals surface area contributed by atoms with Crippen LogP contribution in [0.2, 0.25) is 0 Å². The number of rotatable bonds is 7. The zero-order valence-corrected chi connectivity index (χ0v) is 18.8. The number of aromatic nitrogens is 2. The zero-order chi connectivity index (χ0) is 24.1. The molecule has 3 aromatic rings. The van der Waals surface area contributed by atoms with E-state index in [-0.39, 0.29) is 17.3 Å². The average Bonchev–Trinajstić information content (AvgIpc) is 3.36. The van der Waals surface area contributed by atoms with Gasteiger partial charge in [0.2, 0.25) is 5.82 Å². The molecule has 10 heteroatoms. The predicted octanol–water partition coefficient (Wildman–Crippen LogP) is 4.09. The summed E-state index contributed by atoms with van der Waals surface area (Å²) >= 11 is 0. The minimum atomic E-state index is -4.72. The van der Waals surface area contributed by atoms with Crippen molar-refractivity contribution < 1.29 is 22.5 Å². The number of carbonyl (C=O) groups is 1. The van der Waals surface area contributed by atoms with E-state index in [0.29, 0.717) is 24.7 Å². The predicted molar refractivity (Wildman–Crippen MR) is 121 cm³/mol. The quantitative estimate of drug-likeness (QED) is 0.557. The van der Waals surface area contributed by atoms with Crippen LogP contribution in [-0.2, 0) is 6.18 Å². The van der Waals surface area contributed by atoms with Crippen molar-refractivity contribution in [1.82, 2.24) is 20.4 Å². The number of benzene rings is 2. The fourth-order valence-corrected chi connectivity index (χ4v) is 4.09. The molecule has 1 aliphatic heterocycles. The molecule has 7 nitrogen and oxygen atoms in total. The number of para-hydroxylation sites is 1. The smallest absolute Gasteiger partial charge is 0.371 e.